The molecule has 144 valence electrons. The topological polar surface area (TPSA) is 55.8 Å². The molecule has 2 heterocycles. The van der Waals surface area contributed by atoms with Crippen molar-refractivity contribution >= 4 is 5.91 Å². The lowest BCUT2D eigenvalue weighted by Crippen LogP contribution is -2.49. The average Bonchev–Trinajstić information content (AvgIpc) is 3.20. The highest BCUT2D eigenvalue weighted by Crippen LogP contribution is 2.28. The van der Waals surface area contributed by atoms with E-state index in [1.807, 2.05) is 20.8 Å². The van der Waals surface area contributed by atoms with E-state index < -0.39 is 0 Å². The second kappa shape index (κ2) is 7.93. The number of carbonyl (C=O) groups excluding carboxylic acids is 1. The van der Waals surface area contributed by atoms with E-state index in [2.05, 4.69) is 15.1 Å². The fourth-order valence-electron chi connectivity index (χ4n) is 4.82. The van der Waals surface area contributed by atoms with Gasteiger partial charge in [0.05, 0.1) is 6.10 Å². The molecule has 3 aliphatic rings. The van der Waals surface area contributed by atoms with E-state index in [4.69, 9.17) is 0 Å². The summed E-state index contributed by atoms with van der Waals surface area (Å²) in [4.78, 5) is 17.0. The highest BCUT2D eigenvalue weighted by Gasteiger charge is 2.36. The Bertz CT molecular complexity index is 454. The maximum atomic E-state index is 12.4. The van der Waals surface area contributed by atoms with Crippen LogP contribution in [0.4, 0.5) is 0 Å². The number of nitrogens with one attached hydrogen (secondary N) is 1. The summed E-state index contributed by atoms with van der Waals surface area (Å²) < 4.78 is 0. The largest absolute Gasteiger partial charge is 0.392 e. The molecule has 2 saturated heterocycles. The predicted octanol–water partition coefficient (Wildman–Crippen LogP) is 1.85. The highest BCUT2D eigenvalue weighted by molar-refractivity contribution is 5.81. The van der Waals surface area contributed by atoms with Gasteiger partial charge >= 0.3 is 0 Å². The molecule has 0 spiro atoms. The van der Waals surface area contributed by atoms with Crippen LogP contribution in [0.5, 0.6) is 0 Å². The summed E-state index contributed by atoms with van der Waals surface area (Å²) >= 11 is 0. The lowest BCUT2D eigenvalue weighted by Gasteiger charge is -2.37. The van der Waals surface area contributed by atoms with Gasteiger partial charge in [-0.05, 0) is 44.6 Å². The van der Waals surface area contributed by atoms with Crippen LogP contribution in [-0.4, -0.2) is 71.7 Å². The molecule has 0 aromatic heterocycles. The van der Waals surface area contributed by atoms with Gasteiger partial charge < -0.3 is 15.3 Å². The molecule has 2 N–H and O–H groups in total. The minimum atomic E-state index is -0.261. The summed E-state index contributed by atoms with van der Waals surface area (Å²) in [6.45, 7) is 10.8. The summed E-state index contributed by atoms with van der Waals surface area (Å²) in [6, 6.07) is 1.19. The Kier molecular flexibility index (Phi) is 6.07. The zero-order valence-corrected chi connectivity index (χ0v) is 16.3. The molecule has 1 amide bonds. The Morgan fingerprint density at radius 1 is 1.08 bits per heavy atom. The fraction of sp³-hybridized carbons (Fsp3) is 0.950. The van der Waals surface area contributed by atoms with E-state index in [-0.39, 0.29) is 11.5 Å². The smallest absolute Gasteiger partial charge is 0.227 e. The monoisotopic (exact) mass is 351 g/mol. The molecule has 2 aliphatic heterocycles. The molecule has 3 atom stereocenters. The maximum absolute atomic E-state index is 12.4. The summed E-state index contributed by atoms with van der Waals surface area (Å²) in [5, 5.41) is 13.7. The average molecular weight is 352 g/mol. The van der Waals surface area contributed by atoms with Crippen LogP contribution in [0, 0.1) is 11.3 Å². The van der Waals surface area contributed by atoms with E-state index >= 15 is 0 Å². The van der Waals surface area contributed by atoms with Gasteiger partial charge in [0.1, 0.15) is 0 Å². The summed E-state index contributed by atoms with van der Waals surface area (Å²) in [7, 11) is 0. The number of likely N-dealkylation sites (tertiary alicyclic amines) is 2. The van der Waals surface area contributed by atoms with E-state index in [0.717, 1.165) is 52.0 Å². The van der Waals surface area contributed by atoms with Crippen LogP contribution in [0.25, 0.3) is 0 Å². The standard InChI is InChI=1S/C20H37N3O2/c1-20(2,3)19(25)22-10-7-15(8-11-22)13-21-17-5-4-6-18(17)23-12-9-16(24)14-23/h15-18,21,24H,4-14H2,1-3H3/t16?,17-,18+/m1/s1. The van der Waals surface area contributed by atoms with E-state index in [0.29, 0.717) is 23.9 Å². The zero-order chi connectivity index (χ0) is 18.0. The molecule has 0 bridgehead atoms. The van der Waals surface area contributed by atoms with Gasteiger partial charge in [-0.1, -0.05) is 27.2 Å². The van der Waals surface area contributed by atoms with Gasteiger partial charge in [-0.15, -0.1) is 0 Å². The minimum absolute atomic E-state index is 0.120. The molecule has 1 saturated carbocycles. The molecule has 1 unspecified atom stereocenters. The van der Waals surface area contributed by atoms with E-state index in [1.165, 1.54) is 19.3 Å². The lowest BCUT2D eigenvalue weighted by atomic mass is 9.91. The van der Waals surface area contributed by atoms with Crippen LogP contribution >= 0.6 is 0 Å². The quantitative estimate of drug-likeness (QED) is 0.812. The Labute approximate surface area is 153 Å². The van der Waals surface area contributed by atoms with Crippen molar-refractivity contribution in [1.29, 1.82) is 0 Å². The van der Waals surface area contributed by atoms with Crippen molar-refractivity contribution in [3.63, 3.8) is 0 Å². The van der Waals surface area contributed by atoms with Crippen LogP contribution in [0.3, 0.4) is 0 Å². The summed E-state index contributed by atoms with van der Waals surface area (Å²) in [5.74, 6) is 0.983. The van der Waals surface area contributed by atoms with Crippen LogP contribution in [-0.2, 0) is 4.79 Å². The number of hydrogen-bond donors (Lipinski definition) is 2. The lowest BCUT2D eigenvalue weighted by molar-refractivity contribution is -0.140. The second-order valence-corrected chi connectivity index (χ2v) is 9.44. The zero-order valence-electron chi connectivity index (χ0n) is 16.3. The number of carbonyl (C=O) groups is 1. The van der Waals surface area contributed by atoms with Gasteiger partial charge in [-0.2, -0.15) is 0 Å². The molecule has 0 aromatic rings. The number of nitrogens with zero attached hydrogens (tertiary/aromatic N) is 2. The van der Waals surface area contributed by atoms with Crippen LogP contribution < -0.4 is 5.32 Å². The van der Waals surface area contributed by atoms with Crippen molar-refractivity contribution in [1.82, 2.24) is 15.1 Å². The first-order chi connectivity index (χ1) is 11.8. The van der Waals surface area contributed by atoms with Gasteiger partial charge in [0.25, 0.3) is 0 Å². The first-order valence-electron chi connectivity index (χ1n) is 10.3. The predicted molar refractivity (Wildman–Crippen MR) is 100 cm³/mol. The molecular weight excluding hydrogens is 314 g/mol. The number of amides is 1. The SMILES string of the molecule is CC(C)(C)C(=O)N1CCC(CN[C@@H]2CCC[C@@H]2N2CCC(O)C2)CC1. The van der Waals surface area contributed by atoms with Crippen molar-refractivity contribution in [2.24, 2.45) is 11.3 Å². The van der Waals surface area contributed by atoms with Crippen molar-refractivity contribution in [2.45, 2.75) is 77.5 Å². The third kappa shape index (κ3) is 4.75. The molecule has 3 rings (SSSR count). The minimum Gasteiger partial charge on any atom is -0.392 e. The summed E-state index contributed by atoms with van der Waals surface area (Å²) in [6.07, 6.45) is 6.88. The van der Waals surface area contributed by atoms with Gasteiger partial charge in [0.15, 0.2) is 0 Å². The molecule has 0 aromatic carbocycles. The van der Waals surface area contributed by atoms with Crippen molar-refractivity contribution in [3.8, 4) is 0 Å². The van der Waals surface area contributed by atoms with Crippen molar-refractivity contribution in [2.75, 3.05) is 32.7 Å². The third-order valence-corrected chi connectivity index (χ3v) is 6.36. The van der Waals surface area contributed by atoms with Gasteiger partial charge in [0.2, 0.25) is 5.91 Å². The van der Waals surface area contributed by atoms with Gasteiger partial charge in [-0.25, -0.2) is 0 Å². The first kappa shape index (κ1) is 19.1. The number of aliphatic hydroxyl groups excluding tert-OH is 1. The highest BCUT2D eigenvalue weighted by atomic mass is 16.3. The second-order valence-electron chi connectivity index (χ2n) is 9.44. The van der Waals surface area contributed by atoms with Crippen molar-refractivity contribution in [3.05, 3.63) is 0 Å². The number of aliphatic hydroxyl groups is 1. The van der Waals surface area contributed by atoms with E-state index in [9.17, 15) is 9.90 Å². The van der Waals surface area contributed by atoms with Crippen LogP contribution in [0.2, 0.25) is 0 Å². The third-order valence-electron chi connectivity index (χ3n) is 6.36. The number of hydrogen-bond acceptors (Lipinski definition) is 4. The first-order valence-corrected chi connectivity index (χ1v) is 10.3. The number of rotatable bonds is 4. The molecule has 5 nitrogen and oxygen atoms in total. The van der Waals surface area contributed by atoms with Gasteiger partial charge in [0, 0.05) is 43.7 Å². The molecular formula is C20H37N3O2. The Balaban J connectivity index is 1.41. The molecule has 5 heteroatoms. The maximum Gasteiger partial charge on any atom is 0.227 e. The Morgan fingerprint density at radius 3 is 2.40 bits per heavy atom. The summed E-state index contributed by atoms with van der Waals surface area (Å²) in [5.41, 5.74) is -0.261. The number of β-amino-alcohol motifs (C(OH)–C–C–N with tert-alkyl or cyclic N) is 1. The van der Waals surface area contributed by atoms with Crippen molar-refractivity contribution < 1.29 is 9.90 Å². The molecule has 1 aliphatic carbocycles. The Hall–Kier alpha value is -0.650. The van der Waals surface area contributed by atoms with E-state index in [1.54, 1.807) is 0 Å². The molecule has 0 radical (unpaired) electrons. The van der Waals surface area contributed by atoms with Crippen LogP contribution in [0.1, 0.15) is 59.3 Å². The normalized spacial score (nSPS) is 32.5. The fourth-order valence-corrected chi connectivity index (χ4v) is 4.82. The van der Waals surface area contributed by atoms with Crippen LogP contribution in [0.15, 0.2) is 0 Å². The molecule has 25 heavy (non-hydrogen) atoms. The van der Waals surface area contributed by atoms with Gasteiger partial charge in [-0.3, -0.25) is 9.69 Å². The Morgan fingerprint density at radius 2 is 1.80 bits per heavy atom. The number of piperidine rings is 1. The molecule has 3 fully saturated rings.